The molecule has 33 heavy (non-hydrogen) atoms. The van der Waals surface area contributed by atoms with Crippen LogP contribution in [-0.4, -0.2) is 41.4 Å². The standard InChI is InChI=1S/C22H23F3N4O3S/c1-22(2,3)33(31,32)27-21(30)17-11-26-29-7-6-15(10-20(17)29)28-12-14(24)9-19(28)16-8-13(23)4-5-18(16)25/h4-8,10-11,14,19H,9,12H2,1-3H3,(H,27,30)/t14-,19?/m0/s1. The molecule has 2 aromatic heterocycles. The number of hydrogen-bond donors (Lipinski definition) is 1. The molecule has 2 atom stereocenters. The Morgan fingerprint density at radius 3 is 2.61 bits per heavy atom. The second-order valence-corrected chi connectivity index (χ2v) is 11.4. The van der Waals surface area contributed by atoms with Gasteiger partial charge in [0, 0.05) is 30.4 Å². The Balaban J connectivity index is 1.72. The van der Waals surface area contributed by atoms with Crippen LogP contribution in [0.5, 0.6) is 0 Å². The van der Waals surface area contributed by atoms with Gasteiger partial charge < -0.3 is 4.90 Å². The van der Waals surface area contributed by atoms with E-state index in [1.807, 2.05) is 0 Å². The van der Waals surface area contributed by atoms with Gasteiger partial charge in [0.05, 0.1) is 28.1 Å². The van der Waals surface area contributed by atoms with Gasteiger partial charge in [-0.1, -0.05) is 0 Å². The molecule has 1 saturated heterocycles. The molecule has 0 aliphatic carbocycles. The van der Waals surface area contributed by atoms with Gasteiger partial charge in [-0.05, 0) is 51.1 Å². The molecule has 1 aliphatic rings. The smallest absolute Gasteiger partial charge is 0.268 e. The van der Waals surface area contributed by atoms with Crippen molar-refractivity contribution >= 4 is 27.1 Å². The molecule has 3 aromatic rings. The lowest BCUT2D eigenvalue weighted by Crippen LogP contribution is -2.42. The largest absolute Gasteiger partial charge is 0.361 e. The van der Waals surface area contributed by atoms with E-state index in [1.54, 1.807) is 17.0 Å². The van der Waals surface area contributed by atoms with E-state index >= 15 is 0 Å². The average molecular weight is 481 g/mol. The molecule has 0 radical (unpaired) electrons. The minimum atomic E-state index is -3.95. The fraction of sp³-hybridized carbons (Fsp3) is 0.364. The summed E-state index contributed by atoms with van der Waals surface area (Å²) in [6.45, 7) is 4.33. The van der Waals surface area contributed by atoms with Crippen molar-refractivity contribution < 1.29 is 26.4 Å². The van der Waals surface area contributed by atoms with Crippen LogP contribution in [0.4, 0.5) is 18.9 Å². The summed E-state index contributed by atoms with van der Waals surface area (Å²) in [7, 11) is -3.95. The molecule has 4 rings (SSSR count). The third-order valence-electron chi connectivity index (χ3n) is 5.68. The molecule has 1 unspecified atom stereocenters. The summed E-state index contributed by atoms with van der Waals surface area (Å²) < 4.78 is 69.6. The molecule has 1 N–H and O–H groups in total. The number of rotatable bonds is 4. The first-order valence-corrected chi connectivity index (χ1v) is 11.8. The van der Waals surface area contributed by atoms with Gasteiger partial charge in [0.2, 0.25) is 10.0 Å². The van der Waals surface area contributed by atoms with Crippen LogP contribution in [0.25, 0.3) is 5.52 Å². The van der Waals surface area contributed by atoms with Crippen molar-refractivity contribution in [2.24, 2.45) is 0 Å². The van der Waals surface area contributed by atoms with Crippen LogP contribution in [0.2, 0.25) is 0 Å². The Labute approximate surface area is 189 Å². The molecular weight excluding hydrogens is 457 g/mol. The number of amides is 1. The maximum atomic E-state index is 14.4. The number of anilines is 1. The van der Waals surface area contributed by atoms with Crippen LogP contribution in [-0.2, 0) is 10.0 Å². The molecule has 1 aromatic carbocycles. The zero-order chi connectivity index (χ0) is 24.1. The Bertz CT molecular complexity index is 1330. The first-order valence-electron chi connectivity index (χ1n) is 10.3. The Morgan fingerprint density at radius 2 is 1.91 bits per heavy atom. The number of benzene rings is 1. The molecule has 0 bridgehead atoms. The maximum Gasteiger partial charge on any atom is 0.268 e. The first-order chi connectivity index (χ1) is 15.4. The summed E-state index contributed by atoms with van der Waals surface area (Å²) in [6, 6.07) is 5.48. The number of fused-ring (bicyclic) bond motifs is 1. The highest BCUT2D eigenvalue weighted by Gasteiger charge is 2.36. The highest BCUT2D eigenvalue weighted by atomic mass is 32.2. The van der Waals surface area contributed by atoms with E-state index in [2.05, 4.69) is 9.82 Å². The van der Waals surface area contributed by atoms with E-state index in [9.17, 15) is 26.4 Å². The predicted octanol–water partition coefficient (Wildman–Crippen LogP) is 3.76. The minimum absolute atomic E-state index is 0.00848. The number of carbonyl (C=O) groups is 1. The zero-order valence-corrected chi connectivity index (χ0v) is 19.0. The molecule has 7 nitrogen and oxygen atoms in total. The number of nitrogens with zero attached hydrogens (tertiary/aromatic N) is 3. The molecule has 0 saturated carbocycles. The highest BCUT2D eigenvalue weighted by molar-refractivity contribution is 7.91. The molecule has 176 valence electrons. The molecule has 11 heteroatoms. The summed E-state index contributed by atoms with van der Waals surface area (Å²) in [5.74, 6) is -2.12. The number of hydrogen-bond acceptors (Lipinski definition) is 5. The lowest BCUT2D eigenvalue weighted by molar-refractivity contribution is 0.0982. The van der Waals surface area contributed by atoms with Gasteiger partial charge in [-0.3, -0.25) is 4.79 Å². The zero-order valence-electron chi connectivity index (χ0n) is 18.2. The highest BCUT2D eigenvalue weighted by Crippen LogP contribution is 2.39. The van der Waals surface area contributed by atoms with Crippen LogP contribution in [0.15, 0.2) is 42.7 Å². The molecule has 1 amide bonds. The first kappa shape index (κ1) is 23.1. The predicted molar refractivity (Wildman–Crippen MR) is 117 cm³/mol. The number of halogens is 3. The lowest BCUT2D eigenvalue weighted by atomic mass is 10.0. The molecular formula is C22H23F3N4O3S. The number of sulfonamides is 1. The van der Waals surface area contributed by atoms with E-state index in [0.717, 1.165) is 18.2 Å². The van der Waals surface area contributed by atoms with Gasteiger partial charge in [-0.2, -0.15) is 5.10 Å². The Morgan fingerprint density at radius 1 is 1.18 bits per heavy atom. The maximum absolute atomic E-state index is 14.4. The van der Waals surface area contributed by atoms with Gasteiger partial charge in [-0.15, -0.1) is 0 Å². The number of alkyl halides is 1. The second kappa shape index (κ2) is 8.05. The quantitative estimate of drug-likeness (QED) is 0.615. The van der Waals surface area contributed by atoms with Gasteiger partial charge in [-0.25, -0.2) is 30.8 Å². The summed E-state index contributed by atoms with van der Waals surface area (Å²) >= 11 is 0. The third kappa shape index (κ3) is 4.29. The van der Waals surface area contributed by atoms with Crippen LogP contribution >= 0.6 is 0 Å². The molecule has 1 fully saturated rings. The summed E-state index contributed by atoms with van der Waals surface area (Å²) in [5.41, 5.74) is 0.798. The van der Waals surface area contributed by atoms with E-state index in [1.165, 1.54) is 37.7 Å². The van der Waals surface area contributed by atoms with Gasteiger partial charge in [0.15, 0.2) is 0 Å². The SMILES string of the molecule is CC(C)(C)S(=O)(=O)NC(=O)c1cnn2ccc(N3C[C@@H](F)CC3c3cc(F)ccc3F)cc12. The molecule has 1 aliphatic heterocycles. The van der Waals surface area contributed by atoms with E-state index in [4.69, 9.17) is 0 Å². The third-order valence-corrected chi connectivity index (χ3v) is 7.75. The van der Waals surface area contributed by atoms with Gasteiger partial charge >= 0.3 is 0 Å². The number of carbonyl (C=O) groups excluding carboxylic acids is 1. The average Bonchev–Trinajstić information content (AvgIpc) is 3.31. The Hall–Kier alpha value is -3.08. The van der Waals surface area contributed by atoms with Crippen molar-refractivity contribution in [3.05, 3.63) is 65.5 Å². The second-order valence-electron chi connectivity index (χ2n) is 8.99. The van der Waals surface area contributed by atoms with Crippen molar-refractivity contribution in [3.8, 4) is 0 Å². The topological polar surface area (TPSA) is 83.8 Å². The van der Waals surface area contributed by atoms with E-state index in [-0.39, 0.29) is 29.6 Å². The van der Waals surface area contributed by atoms with Crippen molar-refractivity contribution in [1.29, 1.82) is 0 Å². The van der Waals surface area contributed by atoms with Crippen LogP contribution in [0.3, 0.4) is 0 Å². The van der Waals surface area contributed by atoms with Crippen molar-refractivity contribution in [3.63, 3.8) is 0 Å². The van der Waals surface area contributed by atoms with E-state index in [0.29, 0.717) is 5.69 Å². The van der Waals surface area contributed by atoms with Gasteiger partial charge in [0.25, 0.3) is 5.91 Å². The summed E-state index contributed by atoms with van der Waals surface area (Å²) in [5, 5.41) is 4.08. The van der Waals surface area contributed by atoms with Crippen molar-refractivity contribution in [2.45, 2.75) is 44.2 Å². The number of aromatic nitrogens is 2. The molecule has 3 heterocycles. The monoisotopic (exact) mass is 480 g/mol. The van der Waals surface area contributed by atoms with Crippen molar-refractivity contribution in [2.75, 3.05) is 11.4 Å². The van der Waals surface area contributed by atoms with Crippen molar-refractivity contribution in [1.82, 2.24) is 14.3 Å². The van der Waals surface area contributed by atoms with Crippen LogP contribution < -0.4 is 9.62 Å². The minimum Gasteiger partial charge on any atom is -0.361 e. The van der Waals surface area contributed by atoms with Crippen LogP contribution in [0.1, 0.15) is 49.2 Å². The molecule has 0 spiro atoms. The lowest BCUT2D eigenvalue weighted by Gasteiger charge is -2.27. The van der Waals surface area contributed by atoms with E-state index < -0.39 is 44.5 Å². The van der Waals surface area contributed by atoms with Gasteiger partial charge in [0.1, 0.15) is 17.8 Å². The summed E-state index contributed by atoms with van der Waals surface area (Å²) in [6.07, 6.45) is 1.48. The fourth-order valence-electron chi connectivity index (χ4n) is 3.79. The normalized spacial score (nSPS) is 19.3. The number of nitrogens with one attached hydrogen (secondary N) is 1. The Kier molecular flexibility index (Phi) is 5.63. The fourth-order valence-corrected chi connectivity index (χ4v) is 4.45. The summed E-state index contributed by atoms with van der Waals surface area (Å²) in [4.78, 5) is 14.3. The number of pyridine rings is 1. The van der Waals surface area contributed by atoms with Crippen LogP contribution in [0, 0.1) is 11.6 Å².